The molecule has 0 saturated heterocycles. The van der Waals surface area contributed by atoms with E-state index in [1.807, 2.05) is 36.4 Å². The first-order chi connectivity index (χ1) is 14.1. The van der Waals surface area contributed by atoms with Crippen LogP contribution < -0.4 is 20.1 Å². The highest BCUT2D eigenvalue weighted by atomic mass is 32.1. The van der Waals surface area contributed by atoms with Crippen LogP contribution in [0.1, 0.15) is 16.5 Å². The van der Waals surface area contributed by atoms with Crippen LogP contribution in [-0.4, -0.2) is 45.4 Å². The minimum atomic E-state index is -0.593. The van der Waals surface area contributed by atoms with Gasteiger partial charge in [0.1, 0.15) is 17.6 Å². The number of thiophene rings is 1. The zero-order valence-corrected chi connectivity index (χ0v) is 17.8. The summed E-state index contributed by atoms with van der Waals surface area (Å²) in [6, 6.07) is 15.9. The summed E-state index contributed by atoms with van der Waals surface area (Å²) in [5.74, 6) is 2.28. The van der Waals surface area contributed by atoms with E-state index >= 15 is 0 Å². The molecule has 0 aliphatic heterocycles. The van der Waals surface area contributed by atoms with Crippen molar-refractivity contribution >= 4 is 27.4 Å². The quantitative estimate of drug-likeness (QED) is 0.390. The fourth-order valence-corrected chi connectivity index (χ4v) is 4.12. The summed E-state index contributed by atoms with van der Waals surface area (Å²) in [4.78, 5) is 5.17. The lowest BCUT2D eigenvalue weighted by Crippen LogP contribution is -2.40. The lowest BCUT2D eigenvalue weighted by Gasteiger charge is -2.15. The van der Waals surface area contributed by atoms with Crippen molar-refractivity contribution in [1.29, 1.82) is 0 Å². The summed E-state index contributed by atoms with van der Waals surface area (Å²) in [7, 11) is 5.03. The first-order valence-corrected chi connectivity index (χ1v) is 10.3. The molecule has 7 heteroatoms. The van der Waals surface area contributed by atoms with Crippen molar-refractivity contribution in [1.82, 2.24) is 10.6 Å². The molecular weight excluding hydrogens is 386 g/mol. The number of nitrogens with zero attached hydrogens (tertiary/aromatic N) is 1. The second kappa shape index (κ2) is 10.1. The highest BCUT2D eigenvalue weighted by molar-refractivity contribution is 7.19. The summed E-state index contributed by atoms with van der Waals surface area (Å²) < 4.78 is 11.9. The van der Waals surface area contributed by atoms with Gasteiger partial charge < -0.3 is 25.2 Å². The second-order valence-electron chi connectivity index (χ2n) is 6.51. The SMILES string of the molecule is CN=C(NCCc1cc(OC)ccc1OC)NCC(O)c1cc2ccccc2s1. The standard InChI is InChI=1S/C22H27N3O3S/c1-23-22(24-11-10-15-12-17(27-2)8-9-19(15)28-3)25-14-18(26)21-13-16-6-4-5-7-20(16)29-21/h4-9,12-13,18,26H,10-11,14H2,1-3H3,(H2,23,24,25). The molecule has 1 heterocycles. The Balaban J connectivity index is 1.52. The molecule has 0 saturated carbocycles. The molecule has 3 rings (SSSR count). The van der Waals surface area contributed by atoms with Gasteiger partial charge in [-0.05, 0) is 47.7 Å². The van der Waals surface area contributed by atoms with Crippen LogP contribution in [0, 0.1) is 0 Å². The lowest BCUT2D eigenvalue weighted by molar-refractivity contribution is 0.184. The number of guanidine groups is 1. The predicted octanol–water partition coefficient (Wildman–Crippen LogP) is 3.36. The molecule has 1 aromatic heterocycles. The minimum Gasteiger partial charge on any atom is -0.497 e. The zero-order valence-electron chi connectivity index (χ0n) is 16.9. The van der Waals surface area contributed by atoms with E-state index in [2.05, 4.69) is 27.8 Å². The molecule has 1 atom stereocenters. The number of rotatable bonds is 8. The van der Waals surface area contributed by atoms with Crippen LogP contribution in [0.25, 0.3) is 10.1 Å². The number of fused-ring (bicyclic) bond motifs is 1. The number of aliphatic hydroxyl groups excluding tert-OH is 1. The normalized spacial score (nSPS) is 12.6. The Morgan fingerprint density at radius 3 is 2.66 bits per heavy atom. The van der Waals surface area contributed by atoms with Crippen molar-refractivity contribution in [2.45, 2.75) is 12.5 Å². The Bertz CT molecular complexity index is 938. The minimum absolute atomic E-state index is 0.384. The second-order valence-corrected chi connectivity index (χ2v) is 7.63. The van der Waals surface area contributed by atoms with Crippen LogP contribution in [0.3, 0.4) is 0 Å². The molecule has 0 spiro atoms. The van der Waals surface area contributed by atoms with Crippen LogP contribution >= 0.6 is 11.3 Å². The van der Waals surface area contributed by atoms with E-state index in [4.69, 9.17) is 9.47 Å². The summed E-state index contributed by atoms with van der Waals surface area (Å²) in [5.41, 5.74) is 1.06. The average Bonchev–Trinajstić information content (AvgIpc) is 3.20. The van der Waals surface area contributed by atoms with Gasteiger partial charge >= 0.3 is 0 Å². The molecule has 0 aliphatic rings. The number of methoxy groups -OCH3 is 2. The molecule has 0 radical (unpaired) electrons. The molecule has 1 unspecified atom stereocenters. The lowest BCUT2D eigenvalue weighted by atomic mass is 10.1. The summed E-state index contributed by atoms with van der Waals surface area (Å²) in [6.45, 7) is 1.05. The van der Waals surface area contributed by atoms with Gasteiger partial charge in [0.2, 0.25) is 0 Å². The van der Waals surface area contributed by atoms with E-state index in [1.165, 1.54) is 4.70 Å². The molecule has 0 amide bonds. The van der Waals surface area contributed by atoms with E-state index in [0.29, 0.717) is 19.0 Å². The van der Waals surface area contributed by atoms with Gasteiger partial charge in [0.25, 0.3) is 0 Å². The fourth-order valence-electron chi connectivity index (χ4n) is 3.07. The smallest absolute Gasteiger partial charge is 0.191 e. The Morgan fingerprint density at radius 1 is 1.10 bits per heavy atom. The van der Waals surface area contributed by atoms with Crippen LogP contribution in [-0.2, 0) is 6.42 Å². The number of nitrogens with one attached hydrogen (secondary N) is 2. The van der Waals surface area contributed by atoms with Gasteiger partial charge in [0.15, 0.2) is 5.96 Å². The van der Waals surface area contributed by atoms with Crippen molar-refractivity contribution in [3.63, 3.8) is 0 Å². The van der Waals surface area contributed by atoms with E-state index in [9.17, 15) is 5.11 Å². The highest BCUT2D eigenvalue weighted by Gasteiger charge is 2.12. The summed E-state index contributed by atoms with van der Waals surface area (Å²) in [5, 5.41) is 18.1. The van der Waals surface area contributed by atoms with E-state index in [0.717, 1.165) is 33.7 Å². The van der Waals surface area contributed by atoms with Crippen molar-refractivity contribution in [2.24, 2.45) is 4.99 Å². The van der Waals surface area contributed by atoms with Crippen molar-refractivity contribution < 1.29 is 14.6 Å². The number of aliphatic hydroxyl groups is 1. The van der Waals surface area contributed by atoms with Gasteiger partial charge in [-0.2, -0.15) is 0 Å². The predicted molar refractivity (Wildman–Crippen MR) is 119 cm³/mol. The van der Waals surface area contributed by atoms with Crippen molar-refractivity contribution in [2.75, 3.05) is 34.4 Å². The van der Waals surface area contributed by atoms with Crippen LogP contribution in [0.2, 0.25) is 0 Å². The Labute approximate surface area is 175 Å². The largest absolute Gasteiger partial charge is 0.497 e. The maximum absolute atomic E-state index is 10.5. The molecule has 154 valence electrons. The van der Waals surface area contributed by atoms with Gasteiger partial charge in [-0.3, -0.25) is 4.99 Å². The van der Waals surface area contributed by atoms with Gasteiger partial charge in [-0.25, -0.2) is 0 Å². The third-order valence-corrected chi connectivity index (χ3v) is 5.85. The monoisotopic (exact) mass is 413 g/mol. The van der Waals surface area contributed by atoms with E-state index in [-0.39, 0.29) is 0 Å². The number of ether oxygens (including phenoxy) is 2. The Morgan fingerprint density at radius 2 is 1.93 bits per heavy atom. The van der Waals surface area contributed by atoms with Gasteiger partial charge in [0.05, 0.1) is 14.2 Å². The van der Waals surface area contributed by atoms with Crippen LogP contribution in [0.4, 0.5) is 0 Å². The van der Waals surface area contributed by atoms with Gasteiger partial charge in [-0.1, -0.05) is 18.2 Å². The maximum atomic E-state index is 10.5. The third kappa shape index (κ3) is 5.40. The Kier molecular flexibility index (Phi) is 7.32. The molecule has 0 fully saturated rings. The van der Waals surface area contributed by atoms with Crippen molar-refractivity contribution in [3.8, 4) is 11.5 Å². The van der Waals surface area contributed by atoms with E-state index in [1.54, 1.807) is 32.6 Å². The number of hydrogen-bond donors (Lipinski definition) is 3. The molecule has 3 N–H and O–H groups in total. The molecule has 3 aromatic rings. The molecule has 29 heavy (non-hydrogen) atoms. The first-order valence-electron chi connectivity index (χ1n) is 9.46. The molecule has 2 aromatic carbocycles. The fraction of sp³-hybridized carbons (Fsp3) is 0.318. The molecule has 0 aliphatic carbocycles. The third-order valence-electron chi connectivity index (χ3n) is 4.63. The number of benzene rings is 2. The van der Waals surface area contributed by atoms with Crippen LogP contribution in [0.15, 0.2) is 53.5 Å². The average molecular weight is 414 g/mol. The maximum Gasteiger partial charge on any atom is 0.191 e. The van der Waals surface area contributed by atoms with Crippen molar-refractivity contribution in [3.05, 3.63) is 59.0 Å². The number of aliphatic imine (C=N–C) groups is 1. The van der Waals surface area contributed by atoms with Gasteiger partial charge in [-0.15, -0.1) is 11.3 Å². The topological polar surface area (TPSA) is 75.1 Å². The zero-order chi connectivity index (χ0) is 20.6. The highest BCUT2D eigenvalue weighted by Crippen LogP contribution is 2.29. The van der Waals surface area contributed by atoms with Crippen LogP contribution in [0.5, 0.6) is 11.5 Å². The number of hydrogen-bond acceptors (Lipinski definition) is 5. The summed E-state index contributed by atoms with van der Waals surface area (Å²) in [6.07, 6.45) is 0.157. The molecule has 6 nitrogen and oxygen atoms in total. The van der Waals surface area contributed by atoms with Gasteiger partial charge in [0, 0.05) is 29.7 Å². The summed E-state index contributed by atoms with van der Waals surface area (Å²) >= 11 is 1.61. The molecular formula is C22H27N3O3S. The first kappa shape index (κ1) is 21.0. The molecule has 0 bridgehead atoms. The Hall–Kier alpha value is -2.77. The van der Waals surface area contributed by atoms with E-state index < -0.39 is 6.10 Å².